The molecule has 0 aliphatic rings. The molecule has 0 aliphatic heterocycles. The van der Waals surface area contributed by atoms with Crippen LogP contribution in [0.25, 0.3) is 0 Å². The molecule has 1 aromatic heterocycles. The van der Waals surface area contributed by atoms with Gasteiger partial charge >= 0.3 is 6.03 Å². The molecule has 1 aromatic rings. The summed E-state index contributed by atoms with van der Waals surface area (Å²) >= 11 is 3.26. The number of halogens is 1. The highest BCUT2D eigenvalue weighted by Crippen LogP contribution is 2.10. The lowest BCUT2D eigenvalue weighted by atomic mass is 10.2. The normalized spacial score (nSPS) is 12.0. The van der Waals surface area contributed by atoms with Gasteiger partial charge in [0.25, 0.3) is 0 Å². The minimum absolute atomic E-state index is 0.0157. The van der Waals surface area contributed by atoms with Gasteiger partial charge in [-0.3, -0.25) is 19.8 Å². The molecule has 0 aliphatic carbocycles. The molecule has 1 unspecified atom stereocenters. The monoisotopic (exact) mass is 399 g/mol. The van der Waals surface area contributed by atoms with Crippen molar-refractivity contribution in [1.82, 2.24) is 20.5 Å². The van der Waals surface area contributed by atoms with E-state index in [1.807, 2.05) is 0 Å². The lowest BCUT2D eigenvalue weighted by Crippen LogP contribution is -2.51. The van der Waals surface area contributed by atoms with Crippen molar-refractivity contribution in [3.63, 3.8) is 0 Å². The summed E-state index contributed by atoms with van der Waals surface area (Å²) in [5.41, 5.74) is 0. The summed E-state index contributed by atoms with van der Waals surface area (Å²) in [6, 6.07) is 2.14. The molecule has 0 saturated carbocycles. The molecule has 8 nitrogen and oxygen atoms in total. The van der Waals surface area contributed by atoms with Crippen molar-refractivity contribution < 1.29 is 14.4 Å². The van der Waals surface area contributed by atoms with E-state index in [0.29, 0.717) is 5.82 Å². The Morgan fingerprint density at radius 3 is 2.46 bits per heavy atom. The first kappa shape index (κ1) is 20.0. The van der Waals surface area contributed by atoms with E-state index in [1.54, 1.807) is 46.1 Å². The molecule has 0 saturated heterocycles. The summed E-state index contributed by atoms with van der Waals surface area (Å²) in [5, 5.41) is 7.44. The predicted octanol–water partition coefficient (Wildman–Crippen LogP) is 1.34. The molecule has 24 heavy (non-hydrogen) atoms. The molecule has 132 valence electrons. The fourth-order valence-electron chi connectivity index (χ4n) is 1.71. The molecule has 0 bridgehead atoms. The van der Waals surface area contributed by atoms with Gasteiger partial charge in [-0.25, -0.2) is 9.78 Å². The van der Waals surface area contributed by atoms with E-state index < -0.39 is 18.0 Å². The zero-order valence-electron chi connectivity index (χ0n) is 14.1. The fraction of sp³-hybridized carbons (Fsp3) is 0.467. The number of likely N-dealkylation sites (N-methyl/N-ethyl adjacent to an activating group) is 1. The van der Waals surface area contributed by atoms with Crippen LogP contribution in [0.2, 0.25) is 0 Å². The highest BCUT2D eigenvalue weighted by atomic mass is 79.9. The summed E-state index contributed by atoms with van der Waals surface area (Å²) in [6.07, 6.45) is 1.57. The highest BCUT2D eigenvalue weighted by Gasteiger charge is 2.22. The second kappa shape index (κ2) is 9.33. The Morgan fingerprint density at radius 2 is 1.92 bits per heavy atom. The van der Waals surface area contributed by atoms with E-state index in [9.17, 15) is 14.4 Å². The van der Waals surface area contributed by atoms with E-state index >= 15 is 0 Å². The Kier molecular flexibility index (Phi) is 7.80. The zero-order chi connectivity index (χ0) is 18.3. The van der Waals surface area contributed by atoms with E-state index in [1.165, 1.54) is 4.90 Å². The number of anilines is 1. The van der Waals surface area contributed by atoms with Crippen molar-refractivity contribution in [2.75, 3.05) is 18.9 Å². The molecule has 9 heteroatoms. The minimum Gasteiger partial charge on any atom is -0.336 e. The van der Waals surface area contributed by atoms with Gasteiger partial charge in [0, 0.05) is 16.7 Å². The molecule has 3 N–H and O–H groups in total. The molecule has 1 heterocycles. The Bertz CT molecular complexity index is 591. The van der Waals surface area contributed by atoms with Crippen LogP contribution in [0.3, 0.4) is 0 Å². The van der Waals surface area contributed by atoms with Crippen LogP contribution in [0, 0.1) is 0 Å². The van der Waals surface area contributed by atoms with E-state index in [2.05, 4.69) is 36.9 Å². The maximum absolute atomic E-state index is 12.0. The van der Waals surface area contributed by atoms with Crippen LogP contribution < -0.4 is 16.0 Å². The third kappa shape index (κ3) is 7.05. The third-order valence-electron chi connectivity index (χ3n) is 3.08. The van der Waals surface area contributed by atoms with Crippen LogP contribution in [-0.4, -0.2) is 53.4 Å². The Balaban J connectivity index is 2.48. The number of carbonyl (C=O) groups is 3. The first-order valence-corrected chi connectivity index (χ1v) is 8.21. The number of nitrogens with zero attached hydrogens (tertiary/aromatic N) is 2. The van der Waals surface area contributed by atoms with Crippen molar-refractivity contribution in [3.05, 3.63) is 22.8 Å². The first-order chi connectivity index (χ1) is 11.2. The van der Waals surface area contributed by atoms with Crippen LogP contribution in [-0.2, 0) is 9.59 Å². The average Bonchev–Trinajstić information content (AvgIpc) is 2.47. The van der Waals surface area contributed by atoms with Gasteiger partial charge in [0.1, 0.15) is 5.82 Å². The molecular formula is C15H22BrN5O3. The lowest BCUT2D eigenvalue weighted by molar-refractivity contribution is -0.125. The molecule has 0 aromatic carbocycles. The summed E-state index contributed by atoms with van der Waals surface area (Å²) in [7, 11) is 1.62. The molecule has 0 spiro atoms. The van der Waals surface area contributed by atoms with Gasteiger partial charge in [-0.1, -0.05) is 0 Å². The summed E-state index contributed by atoms with van der Waals surface area (Å²) in [5.74, 6) is -0.367. The van der Waals surface area contributed by atoms with E-state index in [4.69, 9.17) is 0 Å². The molecule has 4 amide bonds. The van der Waals surface area contributed by atoms with Gasteiger partial charge in [-0.2, -0.15) is 0 Å². The number of carbonyl (C=O) groups excluding carboxylic acids is 3. The van der Waals surface area contributed by atoms with Crippen LogP contribution in [0.15, 0.2) is 22.8 Å². The van der Waals surface area contributed by atoms with Crippen LogP contribution in [0.4, 0.5) is 10.6 Å². The number of hydrogen-bond acceptors (Lipinski definition) is 5. The number of amides is 4. The zero-order valence-corrected chi connectivity index (χ0v) is 15.7. The maximum Gasteiger partial charge on any atom is 0.321 e. The van der Waals surface area contributed by atoms with Crippen LogP contribution in [0.1, 0.15) is 20.8 Å². The van der Waals surface area contributed by atoms with Gasteiger partial charge in [-0.15, -0.1) is 0 Å². The number of imide groups is 1. The van der Waals surface area contributed by atoms with Gasteiger partial charge < -0.3 is 10.6 Å². The number of pyridine rings is 1. The number of hydrogen-bond donors (Lipinski definition) is 3. The maximum atomic E-state index is 12.0. The lowest BCUT2D eigenvalue weighted by Gasteiger charge is -2.23. The van der Waals surface area contributed by atoms with Gasteiger partial charge in [0.05, 0.1) is 12.6 Å². The van der Waals surface area contributed by atoms with Crippen LogP contribution in [0.5, 0.6) is 0 Å². The number of aromatic nitrogens is 1. The largest absolute Gasteiger partial charge is 0.336 e. The molecular weight excluding hydrogens is 378 g/mol. The van der Waals surface area contributed by atoms with Crippen molar-refractivity contribution in [3.8, 4) is 0 Å². The van der Waals surface area contributed by atoms with Crippen LogP contribution >= 0.6 is 15.9 Å². The average molecular weight is 400 g/mol. The van der Waals surface area contributed by atoms with Crippen molar-refractivity contribution in [1.29, 1.82) is 0 Å². The minimum atomic E-state index is -0.647. The Labute approximate surface area is 149 Å². The summed E-state index contributed by atoms with van der Waals surface area (Å²) in [4.78, 5) is 41.1. The second-order valence-electron chi connectivity index (χ2n) is 5.62. The SMILES string of the molecule is CC(C)NC(=O)NC(=O)C(C)N(C)CC(=O)Nc1ccc(Br)cn1. The molecule has 0 radical (unpaired) electrons. The number of rotatable bonds is 6. The number of urea groups is 1. The van der Waals surface area contributed by atoms with E-state index in [-0.39, 0.29) is 18.5 Å². The Hall–Kier alpha value is -2.00. The Morgan fingerprint density at radius 1 is 1.25 bits per heavy atom. The molecule has 1 rings (SSSR count). The van der Waals surface area contributed by atoms with E-state index in [0.717, 1.165) is 4.47 Å². The smallest absolute Gasteiger partial charge is 0.321 e. The van der Waals surface area contributed by atoms with Crippen molar-refractivity contribution in [2.24, 2.45) is 0 Å². The third-order valence-corrected chi connectivity index (χ3v) is 3.55. The van der Waals surface area contributed by atoms with Gasteiger partial charge in [-0.05, 0) is 55.9 Å². The standard InChI is InChI=1S/C15H22BrN5O3/c1-9(2)18-15(24)20-14(23)10(3)21(4)8-13(22)19-12-6-5-11(16)7-17-12/h5-7,9-10H,8H2,1-4H3,(H,17,19,22)(H2,18,20,23,24). The summed E-state index contributed by atoms with van der Waals surface area (Å²) in [6.45, 7) is 5.18. The molecule has 0 fully saturated rings. The predicted molar refractivity (Wildman–Crippen MR) is 94.5 cm³/mol. The van der Waals surface area contributed by atoms with Crippen molar-refractivity contribution in [2.45, 2.75) is 32.9 Å². The fourth-order valence-corrected chi connectivity index (χ4v) is 1.94. The quantitative estimate of drug-likeness (QED) is 0.669. The number of nitrogens with one attached hydrogen (secondary N) is 3. The first-order valence-electron chi connectivity index (χ1n) is 7.42. The van der Waals surface area contributed by atoms with Crippen molar-refractivity contribution >= 4 is 39.6 Å². The molecule has 1 atom stereocenters. The summed E-state index contributed by atoms with van der Waals surface area (Å²) < 4.78 is 0.808. The van der Waals surface area contributed by atoms with Gasteiger partial charge in [0.2, 0.25) is 11.8 Å². The highest BCUT2D eigenvalue weighted by molar-refractivity contribution is 9.10. The second-order valence-corrected chi connectivity index (χ2v) is 6.53. The topological polar surface area (TPSA) is 103 Å². The van der Waals surface area contributed by atoms with Gasteiger partial charge in [0.15, 0.2) is 0 Å².